The van der Waals surface area contributed by atoms with E-state index in [2.05, 4.69) is 20.6 Å². The minimum absolute atomic E-state index is 0.599. The van der Waals surface area contributed by atoms with Gasteiger partial charge in [-0.05, 0) is 19.4 Å². The summed E-state index contributed by atoms with van der Waals surface area (Å²) in [7, 11) is 0. The molecule has 0 amide bonds. The summed E-state index contributed by atoms with van der Waals surface area (Å²) >= 11 is 0. The highest BCUT2D eigenvalue weighted by molar-refractivity contribution is 5.29. The second-order valence-corrected chi connectivity index (χ2v) is 3.26. The van der Waals surface area contributed by atoms with Crippen molar-refractivity contribution in [3.63, 3.8) is 0 Å². The van der Waals surface area contributed by atoms with Crippen LogP contribution in [-0.2, 0) is 0 Å². The molecule has 2 N–H and O–H groups in total. The van der Waals surface area contributed by atoms with Crippen LogP contribution >= 0.6 is 0 Å². The van der Waals surface area contributed by atoms with Gasteiger partial charge in [-0.25, -0.2) is 4.98 Å². The van der Waals surface area contributed by atoms with Crippen LogP contribution in [0.4, 0.5) is 5.82 Å². The fourth-order valence-electron chi connectivity index (χ4n) is 1.55. The van der Waals surface area contributed by atoms with Crippen LogP contribution in [-0.4, -0.2) is 29.1 Å². The molecule has 1 aromatic rings. The Bertz CT molecular complexity index is 243. The van der Waals surface area contributed by atoms with Crippen LogP contribution in [0, 0.1) is 0 Å². The van der Waals surface area contributed by atoms with Gasteiger partial charge in [-0.2, -0.15) is 0 Å². The summed E-state index contributed by atoms with van der Waals surface area (Å²) in [6.07, 6.45) is 7.67. The van der Waals surface area contributed by atoms with Crippen LogP contribution in [0.2, 0.25) is 0 Å². The Hall–Kier alpha value is -1.16. The van der Waals surface area contributed by atoms with Gasteiger partial charge in [0.15, 0.2) is 0 Å². The van der Waals surface area contributed by atoms with Crippen molar-refractivity contribution in [2.24, 2.45) is 0 Å². The van der Waals surface area contributed by atoms with E-state index < -0.39 is 0 Å². The lowest BCUT2D eigenvalue weighted by molar-refractivity contribution is 0.632. The lowest BCUT2D eigenvalue weighted by Crippen LogP contribution is -2.29. The molecule has 0 unspecified atom stereocenters. The zero-order chi connectivity index (χ0) is 8.93. The highest BCUT2D eigenvalue weighted by Crippen LogP contribution is 2.05. The van der Waals surface area contributed by atoms with Crippen LogP contribution in [0.25, 0.3) is 0 Å². The number of rotatable bonds is 3. The van der Waals surface area contributed by atoms with Gasteiger partial charge in [-0.3, -0.25) is 4.98 Å². The van der Waals surface area contributed by atoms with Crippen molar-refractivity contribution in [1.82, 2.24) is 15.3 Å². The lowest BCUT2D eigenvalue weighted by Gasteiger charge is -2.10. The second-order valence-electron chi connectivity index (χ2n) is 3.26. The normalized spacial score (nSPS) is 21.7. The summed E-state index contributed by atoms with van der Waals surface area (Å²) in [5, 5.41) is 6.67. The van der Waals surface area contributed by atoms with E-state index in [0.29, 0.717) is 6.04 Å². The van der Waals surface area contributed by atoms with Crippen molar-refractivity contribution in [2.75, 3.05) is 18.4 Å². The maximum atomic E-state index is 4.14. The lowest BCUT2D eigenvalue weighted by atomic mass is 10.2. The summed E-state index contributed by atoms with van der Waals surface area (Å²) < 4.78 is 0. The molecule has 2 heterocycles. The number of nitrogens with one attached hydrogen (secondary N) is 2. The average molecular weight is 178 g/mol. The van der Waals surface area contributed by atoms with Crippen molar-refractivity contribution >= 4 is 5.82 Å². The number of hydrogen-bond donors (Lipinski definition) is 2. The first kappa shape index (κ1) is 8.44. The molecule has 70 valence electrons. The van der Waals surface area contributed by atoms with E-state index in [9.17, 15) is 0 Å². The third kappa shape index (κ3) is 2.39. The zero-order valence-electron chi connectivity index (χ0n) is 7.53. The Balaban J connectivity index is 1.79. The molecule has 4 heteroatoms. The Morgan fingerprint density at radius 3 is 3.23 bits per heavy atom. The van der Waals surface area contributed by atoms with Gasteiger partial charge in [-0.15, -0.1) is 0 Å². The number of anilines is 1. The zero-order valence-corrected chi connectivity index (χ0v) is 7.53. The Labute approximate surface area is 77.8 Å². The molecular formula is C9H14N4. The van der Waals surface area contributed by atoms with E-state index in [1.807, 2.05) is 0 Å². The monoisotopic (exact) mass is 178 g/mol. The first-order valence-electron chi connectivity index (χ1n) is 4.68. The third-order valence-corrected chi connectivity index (χ3v) is 2.26. The Morgan fingerprint density at radius 1 is 1.54 bits per heavy atom. The van der Waals surface area contributed by atoms with Crippen molar-refractivity contribution in [2.45, 2.75) is 18.9 Å². The molecule has 0 saturated carbocycles. The van der Waals surface area contributed by atoms with E-state index >= 15 is 0 Å². The molecule has 1 aliphatic heterocycles. The van der Waals surface area contributed by atoms with Gasteiger partial charge in [0, 0.05) is 25.0 Å². The molecule has 1 aliphatic rings. The summed E-state index contributed by atoms with van der Waals surface area (Å²) in [5.41, 5.74) is 0. The molecular weight excluding hydrogens is 164 g/mol. The van der Waals surface area contributed by atoms with E-state index in [-0.39, 0.29) is 0 Å². The first-order valence-corrected chi connectivity index (χ1v) is 4.68. The fraction of sp³-hybridized carbons (Fsp3) is 0.556. The van der Waals surface area contributed by atoms with Crippen LogP contribution in [0.1, 0.15) is 12.8 Å². The van der Waals surface area contributed by atoms with E-state index in [1.54, 1.807) is 18.6 Å². The predicted octanol–water partition coefficient (Wildman–Crippen LogP) is 0.640. The molecule has 4 nitrogen and oxygen atoms in total. The van der Waals surface area contributed by atoms with E-state index in [4.69, 9.17) is 0 Å². The van der Waals surface area contributed by atoms with Crippen molar-refractivity contribution in [1.29, 1.82) is 0 Å². The minimum atomic E-state index is 0.599. The van der Waals surface area contributed by atoms with Crippen LogP contribution in [0.15, 0.2) is 18.6 Å². The van der Waals surface area contributed by atoms with Crippen molar-refractivity contribution < 1.29 is 0 Å². The molecule has 2 rings (SSSR count). The van der Waals surface area contributed by atoms with Gasteiger partial charge in [-0.1, -0.05) is 0 Å². The molecule has 0 aromatic carbocycles. The summed E-state index contributed by atoms with van der Waals surface area (Å²) in [5.74, 6) is 0.858. The van der Waals surface area contributed by atoms with Crippen LogP contribution in [0.3, 0.4) is 0 Å². The van der Waals surface area contributed by atoms with E-state index in [0.717, 1.165) is 18.9 Å². The SMILES string of the molecule is c1cnc(NC[C@@H]2CCCN2)cn1. The van der Waals surface area contributed by atoms with Crippen molar-refractivity contribution in [3.05, 3.63) is 18.6 Å². The van der Waals surface area contributed by atoms with Gasteiger partial charge in [0.2, 0.25) is 0 Å². The van der Waals surface area contributed by atoms with Gasteiger partial charge >= 0.3 is 0 Å². The summed E-state index contributed by atoms with van der Waals surface area (Å²) in [6.45, 7) is 2.09. The third-order valence-electron chi connectivity index (χ3n) is 2.26. The molecule has 1 aromatic heterocycles. The Kier molecular flexibility index (Phi) is 2.72. The Morgan fingerprint density at radius 2 is 2.54 bits per heavy atom. The van der Waals surface area contributed by atoms with Crippen LogP contribution < -0.4 is 10.6 Å². The molecule has 0 aliphatic carbocycles. The molecule has 1 fully saturated rings. The van der Waals surface area contributed by atoms with Gasteiger partial charge < -0.3 is 10.6 Å². The fourth-order valence-corrected chi connectivity index (χ4v) is 1.55. The second kappa shape index (κ2) is 4.18. The molecule has 0 spiro atoms. The van der Waals surface area contributed by atoms with Gasteiger partial charge in [0.25, 0.3) is 0 Å². The maximum Gasteiger partial charge on any atom is 0.144 e. The topological polar surface area (TPSA) is 49.8 Å². The summed E-state index contributed by atoms with van der Waals surface area (Å²) in [4.78, 5) is 8.12. The highest BCUT2D eigenvalue weighted by atomic mass is 15.0. The number of nitrogens with zero attached hydrogens (tertiary/aromatic N) is 2. The predicted molar refractivity (Wildman–Crippen MR) is 51.5 cm³/mol. The quantitative estimate of drug-likeness (QED) is 0.713. The maximum absolute atomic E-state index is 4.14. The van der Waals surface area contributed by atoms with Crippen molar-refractivity contribution in [3.8, 4) is 0 Å². The average Bonchev–Trinajstić information content (AvgIpc) is 2.69. The van der Waals surface area contributed by atoms with Crippen LogP contribution in [0.5, 0.6) is 0 Å². The number of hydrogen-bond acceptors (Lipinski definition) is 4. The molecule has 0 bridgehead atoms. The van der Waals surface area contributed by atoms with Gasteiger partial charge in [0.05, 0.1) is 6.20 Å². The molecule has 13 heavy (non-hydrogen) atoms. The highest BCUT2D eigenvalue weighted by Gasteiger charge is 2.12. The summed E-state index contributed by atoms with van der Waals surface area (Å²) in [6, 6.07) is 0.599. The largest absolute Gasteiger partial charge is 0.367 e. The molecule has 1 atom stereocenters. The molecule has 1 saturated heterocycles. The molecule has 0 radical (unpaired) electrons. The smallest absolute Gasteiger partial charge is 0.144 e. The standard InChI is InChI=1S/C9H14N4/c1-2-8(11-3-1)6-13-9-7-10-4-5-12-9/h4-5,7-8,11H,1-3,6H2,(H,12,13)/t8-/m0/s1. The number of aromatic nitrogens is 2. The van der Waals surface area contributed by atoms with Gasteiger partial charge in [0.1, 0.15) is 5.82 Å². The minimum Gasteiger partial charge on any atom is -0.367 e. The first-order chi connectivity index (χ1) is 6.45. The van der Waals surface area contributed by atoms with E-state index in [1.165, 1.54) is 12.8 Å².